The van der Waals surface area contributed by atoms with E-state index < -0.39 is 0 Å². The van der Waals surface area contributed by atoms with E-state index in [-0.39, 0.29) is 12.3 Å². The molecule has 4 nitrogen and oxygen atoms in total. The third kappa shape index (κ3) is 4.07. The smallest absolute Gasteiger partial charge is 0.143 e. The average molecular weight is 649 g/mol. The largest absolute Gasteiger partial charge is 0.456 e. The molecule has 0 aliphatic carbocycles. The molecule has 0 saturated carbocycles. The molecule has 1 N–H and O–H groups in total. The van der Waals surface area contributed by atoms with Crippen molar-refractivity contribution in [2.24, 2.45) is 0 Å². The second-order valence-electron chi connectivity index (χ2n) is 12.9. The molecule has 232 valence electrons. The summed E-state index contributed by atoms with van der Waals surface area (Å²) in [5.74, 6) is 0. The maximum Gasteiger partial charge on any atom is 0.143 e. The maximum absolute atomic E-state index is 6.55. The summed E-state index contributed by atoms with van der Waals surface area (Å²) < 4.78 is 15.6. The fraction of sp³-hybridized carbons (Fsp3) is 0.0455. The van der Waals surface area contributed by atoms with Gasteiger partial charge in [0.05, 0.1) is 0 Å². The monoisotopic (exact) mass is 648 g/mol. The van der Waals surface area contributed by atoms with E-state index in [4.69, 9.17) is 8.83 Å². The standard InChI is InChI=1S/C44H28N2O2S/c1-2-9-26(10-3-1)43-45-44(28-18-22-41-36(24-28)33-12-5-7-16-40(33)49-41)46(43)29-19-20-32-35-23-27(17-21-38(35)47-39(32)25-29)30-13-8-14-34-31-11-4-6-15-37(31)48-42(30)34/h1-25,43-45H. The molecule has 0 amide bonds. The first-order valence-electron chi connectivity index (χ1n) is 16.6. The molecule has 11 rings (SSSR count). The molecule has 1 aliphatic rings. The van der Waals surface area contributed by atoms with Crippen LogP contribution in [0.25, 0.3) is 75.2 Å². The molecule has 7 aromatic carbocycles. The summed E-state index contributed by atoms with van der Waals surface area (Å²) in [6, 6.07) is 54.1. The van der Waals surface area contributed by atoms with Crippen molar-refractivity contribution in [2.45, 2.75) is 12.3 Å². The third-order valence-electron chi connectivity index (χ3n) is 10.2. The molecule has 0 radical (unpaired) electrons. The van der Waals surface area contributed by atoms with Crippen LogP contribution in [0.4, 0.5) is 5.69 Å². The summed E-state index contributed by atoms with van der Waals surface area (Å²) in [6.07, 6.45) is 0.0600. The fourth-order valence-corrected chi connectivity index (χ4v) is 8.89. The average Bonchev–Trinajstić information content (AvgIpc) is 3.82. The first-order chi connectivity index (χ1) is 24.3. The van der Waals surface area contributed by atoms with Crippen molar-refractivity contribution in [3.05, 3.63) is 163 Å². The van der Waals surface area contributed by atoms with Crippen LogP contribution in [0.1, 0.15) is 23.5 Å². The van der Waals surface area contributed by atoms with Crippen molar-refractivity contribution < 1.29 is 8.83 Å². The predicted molar refractivity (Wildman–Crippen MR) is 203 cm³/mol. The Labute approximate surface area is 285 Å². The van der Waals surface area contributed by atoms with Crippen LogP contribution in [0, 0.1) is 0 Å². The van der Waals surface area contributed by atoms with Crippen molar-refractivity contribution in [1.82, 2.24) is 5.32 Å². The zero-order valence-electron chi connectivity index (χ0n) is 26.3. The second kappa shape index (κ2) is 10.3. The van der Waals surface area contributed by atoms with Crippen LogP contribution in [0.2, 0.25) is 0 Å². The highest BCUT2D eigenvalue weighted by Crippen LogP contribution is 2.46. The molecule has 1 saturated heterocycles. The Morgan fingerprint density at radius 1 is 0.469 bits per heavy atom. The van der Waals surface area contributed by atoms with Gasteiger partial charge < -0.3 is 13.7 Å². The zero-order valence-corrected chi connectivity index (χ0v) is 27.1. The number of thiophene rings is 1. The number of rotatable bonds is 4. The lowest BCUT2D eigenvalue weighted by Crippen LogP contribution is -2.57. The molecule has 1 aliphatic heterocycles. The number of fused-ring (bicyclic) bond motifs is 9. The van der Waals surface area contributed by atoms with Crippen molar-refractivity contribution >= 4 is 81.1 Å². The Morgan fingerprint density at radius 3 is 2.16 bits per heavy atom. The molecule has 3 aromatic heterocycles. The summed E-state index contributed by atoms with van der Waals surface area (Å²) in [5, 5.41) is 11.0. The van der Waals surface area contributed by atoms with Gasteiger partial charge in [-0.1, -0.05) is 97.1 Å². The van der Waals surface area contributed by atoms with E-state index in [1.165, 1.54) is 31.3 Å². The molecule has 2 unspecified atom stereocenters. The van der Waals surface area contributed by atoms with Gasteiger partial charge in [-0.15, -0.1) is 11.3 Å². The van der Waals surface area contributed by atoms with Crippen LogP contribution >= 0.6 is 11.3 Å². The number of nitrogens with zero attached hydrogens (tertiary/aromatic N) is 1. The molecule has 5 heteroatoms. The van der Waals surface area contributed by atoms with Crippen LogP contribution in [0.3, 0.4) is 0 Å². The van der Waals surface area contributed by atoms with Gasteiger partial charge in [0.2, 0.25) is 0 Å². The van der Waals surface area contributed by atoms with E-state index in [1.807, 2.05) is 23.5 Å². The van der Waals surface area contributed by atoms with Gasteiger partial charge in [0.15, 0.2) is 0 Å². The molecule has 49 heavy (non-hydrogen) atoms. The summed E-state index contributed by atoms with van der Waals surface area (Å²) in [4.78, 5) is 2.48. The topological polar surface area (TPSA) is 41.5 Å². The molecule has 2 atom stereocenters. The summed E-state index contributed by atoms with van der Waals surface area (Å²) >= 11 is 1.85. The molecular formula is C44H28N2O2S. The first kappa shape index (κ1) is 27.1. The lowest BCUT2D eigenvalue weighted by molar-refractivity contribution is 0.276. The number of anilines is 1. The summed E-state index contributed by atoms with van der Waals surface area (Å²) in [7, 11) is 0. The van der Waals surface area contributed by atoms with Crippen molar-refractivity contribution in [1.29, 1.82) is 0 Å². The number of para-hydroxylation sites is 2. The molecule has 4 heterocycles. The van der Waals surface area contributed by atoms with E-state index in [0.29, 0.717) is 0 Å². The van der Waals surface area contributed by atoms with Crippen LogP contribution in [-0.4, -0.2) is 0 Å². The quantitative estimate of drug-likeness (QED) is 0.206. The number of hydrogen-bond acceptors (Lipinski definition) is 5. The SMILES string of the molecule is c1ccc(C2NC(c3ccc4sc5ccccc5c4c3)N2c2ccc3c(c2)oc2ccc(-c4cccc5c4oc4ccccc45)cc23)cc1. The van der Waals surface area contributed by atoms with Crippen molar-refractivity contribution in [3.8, 4) is 11.1 Å². The molecule has 1 fully saturated rings. The van der Waals surface area contributed by atoms with E-state index >= 15 is 0 Å². The number of furan rings is 2. The Balaban J connectivity index is 1.02. The minimum Gasteiger partial charge on any atom is -0.456 e. The minimum atomic E-state index is 0.0194. The lowest BCUT2D eigenvalue weighted by Gasteiger charge is -2.51. The molecule has 0 spiro atoms. The third-order valence-corrected chi connectivity index (χ3v) is 11.3. The number of benzene rings is 7. The zero-order chi connectivity index (χ0) is 32.1. The highest BCUT2D eigenvalue weighted by atomic mass is 32.1. The Kier molecular flexibility index (Phi) is 5.70. The van der Waals surface area contributed by atoms with E-state index in [1.54, 1.807) is 0 Å². The van der Waals surface area contributed by atoms with Crippen LogP contribution in [0.15, 0.2) is 160 Å². The van der Waals surface area contributed by atoms with E-state index in [2.05, 4.69) is 150 Å². The summed E-state index contributed by atoms with van der Waals surface area (Å²) in [5.41, 5.74) is 9.36. The van der Waals surface area contributed by atoms with Gasteiger partial charge in [0, 0.05) is 59.0 Å². The van der Waals surface area contributed by atoms with Crippen molar-refractivity contribution in [2.75, 3.05) is 4.90 Å². The number of hydrogen-bond donors (Lipinski definition) is 1. The fourth-order valence-electron chi connectivity index (χ4n) is 7.81. The van der Waals surface area contributed by atoms with Gasteiger partial charge in [0.25, 0.3) is 0 Å². The Morgan fingerprint density at radius 2 is 1.22 bits per heavy atom. The van der Waals surface area contributed by atoms with Gasteiger partial charge in [-0.2, -0.15) is 0 Å². The normalized spacial score (nSPS) is 16.4. The van der Waals surface area contributed by atoms with Gasteiger partial charge >= 0.3 is 0 Å². The van der Waals surface area contributed by atoms with Crippen LogP contribution in [0.5, 0.6) is 0 Å². The van der Waals surface area contributed by atoms with Crippen molar-refractivity contribution in [3.63, 3.8) is 0 Å². The van der Waals surface area contributed by atoms with Crippen LogP contribution in [-0.2, 0) is 0 Å². The maximum atomic E-state index is 6.55. The summed E-state index contributed by atoms with van der Waals surface area (Å²) in [6.45, 7) is 0. The number of nitrogens with one attached hydrogen (secondary N) is 1. The highest BCUT2D eigenvalue weighted by molar-refractivity contribution is 7.25. The highest BCUT2D eigenvalue weighted by Gasteiger charge is 2.40. The van der Waals surface area contributed by atoms with Gasteiger partial charge in [-0.25, -0.2) is 0 Å². The van der Waals surface area contributed by atoms with Gasteiger partial charge in [0.1, 0.15) is 34.7 Å². The lowest BCUT2D eigenvalue weighted by atomic mass is 9.98. The van der Waals surface area contributed by atoms with E-state index in [9.17, 15) is 0 Å². The Hall–Kier alpha value is -5.88. The Bertz CT molecular complexity index is 2900. The van der Waals surface area contributed by atoms with E-state index in [0.717, 1.165) is 60.7 Å². The molecule has 0 bridgehead atoms. The predicted octanol–water partition coefficient (Wildman–Crippen LogP) is 12.3. The molecular weight excluding hydrogens is 621 g/mol. The van der Waals surface area contributed by atoms with Gasteiger partial charge in [-0.3, -0.25) is 5.32 Å². The minimum absolute atomic E-state index is 0.0194. The van der Waals surface area contributed by atoms with Crippen LogP contribution < -0.4 is 10.2 Å². The first-order valence-corrected chi connectivity index (χ1v) is 17.5. The second-order valence-corrected chi connectivity index (χ2v) is 14.0. The molecule has 10 aromatic rings. The van der Waals surface area contributed by atoms with Gasteiger partial charge in [-0.05, 0) is 65.2 Å².